The Labute approximate surface area is 239 Å². The standard InChI is InChI=1S/C37H42O3/c1-3-31(29-20-22-35(38)33(24-29)26-14-8-5-9-15-26)32(4-2)30-21-23-36(34(25-30)27-16-10-6-11-17-27)40-37(39)28-18-12-7-13-19-28/h3-4,7,12-13,18-27,38H,5-6,8-11,14-17H2,1-2H3/b31-3+,32-4+. The maximum atomic E-state index is 13.0. The highest BCUT2D eigenvalue weighted by Crippen LogP contribution is 2.43. The van der Waals surface area contributed by atoms with E-state index in [2.05, 4.69) is 44.2 Å². The van der Waals surface area contributed by atoms with Crippen LogP contribution in [0.5, 0.6) is 11.5 Å². The number of carbonyl (C=O) groups is 1. The predicted octanol–water partition coefficient (Wildman–Crippen LogP) is 10.2. The number of rotatable bonds is 7. The Morgan fingerprint density at radius 3 is 1.77 bits per heavy atom. The Morgan fingerprint density at radius 1 is 0.675 bits per heavy atom. The Hall–Kier alpha value is -3.59. The molecule has 3 nitrogen and oxygen atoms in total. The molecule has 0 atom stereocenters. The van der Waals surface area contributed by atoms with Crippen molar-refractivity contribution in [3.05, 3.63) is 107 Å². The van der Waals surface area contributed by atoms with E-state index in [1.54, 1.807) is 12.1 Å². The van der Waals surface area contributed by atoms with Crippen molar-refractivity contribution in [1.82, 2.24) is 0 Å². The third-order valence-corrected chi connectivity index (χ3v) is 8.83. The van der Waals surface area contributed by atoms with Gasteiger partial charge in [-0.3, -0.25) is 0 Å². The number of aromatic hydroxyl groups is 1. The number of ether oxygens (including phenoxy) is 1. The largest absolute Gasteiger partial charge is 0.508 e. The molecule has 1 N–H and O–H groups in total. The zero-order valence-corrected chi connectivity index (χ0v) is 24.0. The molecule has 2 aliphatic carbocycles. The van der Waals surface area contributed by atoms with E-state index in [-0.39, 0.29) is 5.97 Å². The van der Waals surface area contributed by atoms with Gasteiger partial charge < -0.3 is 9.84 Å². The van der Waals surface area contributed by atoms with Crippen LogP contribution in [0, 0.1) is 0 Å². The summed E-state index contributed by atoms with van der Waals surface area (Å²) in [5.41, 5.74) is 7.34. The van der Waals surface area contributed by atoms with E-state index >= 15 is 0 Å². The van der Waals surface area contributed by atoms with Crippen LogP contribution in [0.3, 0.4) is 0 Å². The molecule has 0 bridgehead atoms. The molecule has 3 heteroatoms. The van der Waals surface area contributed by atoms with Crippen molar-refractivity contribution >= 4 is 17.1 Å². The van der Waals surface area contributed by atoms with Gasteiger partial charge in [0.05, 0.1) is 5.56 Å². The van der Waals surface area contributed by atoms with Crippen LogP contribution in [0.25, 0.3) is 11.1 Å². The van der Waals surface area contributed by atoms with Crippen LogP contribution in [-0.4, -0.2) is 11.1 Å². The molecule has 2 fully saturated rings. The van der Waals surface area contributed by atoms with Gasteiger partial charge in [0.15, 0.2) is 0 Å². The predicted molar refractivity (Wildman–Crippen MR) is 165 cm³/mol. The lowest BCUT2D eigenvalue weighted by molar-refractivity contribution is 0.0732. The highest BCUT2D eigenvalue weighted by molar-refractivity contribution is 6.05. The SMILES string of the molecule is C/C=C(/C(=C/C)c1ccc(OC(=O)c2ccccc2)c(C2CCCCC2)c1)c1ccc(O)c(C2CCCCC2)c1. The van der Waals surface area contributed by atoms with Gasteiger partial charge in [-0.15, -0.1) is 0 Å². The summed E-state index contributed by atoms with van der Waals surface area (Å²) in [4.78, 5) is 13.0. The summed E-state index contributed by atoms with van der Waals surface area (Å²) in [6.07, 6.45) is 16.3. The topological polar surface area (TPSA) is 46.5 Å². The summed E-state index contributed by atoms with van der Waals surface area (Å²) in [6, 6.07) is 21.7. The van der Waals surface area contributed by atoms with Gasteiger partial charge in [0, 0.05) is 0 Å². The molecule has 0 radical (unpaired) electrons. The molecule has 0 saturated heterocycles. The molecule has 0 unspecified atom stereocenters. The maximum Gasteiger partial charge on any atom is 0.343 e. The summed E-state index contributed by atoms with van der Waals surface area (Å²) < 4.78 is 6.02. The fraction of sp³-hybridized carbons (Fsp3) is 0.378. The molecular formula is C37H42O3. The first-order valence-corrected chi connectivity index (χ1v) is 15.2. The van der Waals surface area contributed by atoms with Gasteiger partial charge in [-0.25, -0.2) is 4.79 Å². The summed E-state index contributed by atoms with van der Waals surface area (Å²) in [6.45, 7) is 4.18. The first kappa shape index (κ1) is 28.0. The zero-order valence-electron chi connectivity index (χ0n) is 24.0. The van der Waals surface area contributed by atoms with E-state index in [1.807, 2.05) is 36.4 Å². The second-order valence-corrected chi connectivity index (χ2v) is 11.4. The van der Waals surface area contributed by atoms with Crippen LogP contribution in [-0.2, 0) is 0 Å². The minimum Gasteiger partial charge on any atom is -0.508 e. The first-order chi connectivity index (χ1) is 19.6. The number of hydrogen-bond donors (Lipinski definition) is 1. The molecule has 0 spiro atoms. The number of hydrogen-bond acceptors (Lipinski definition) is 3. The smallest absolute Gasteiger partial charge is 0.343 e. The highest BCUT2D eigenvalue weighted by atomic mass is 16.5. The van der Waals surface area contributed by atoms with E-state index in [0.717, 1.165) is 59.1 Å². The number of benzene rings is 3. The van der Waals surface area contributed by atoms with Crippen LogP contribution < -0.4 is 4.74 Å². The van der Waals surface area contributed by atoms with Gasteiger partial charge >= 0.3 is 5.97 Å². The molecule has 0 heterocycles. The second-order valence-electron chi connectivity index (χ2n) is 11.4. The quantitative estimate of drug-likeness (QED) is 0.186. The van der Waals surface area contributed by atoms with E-state index in [9.17, 15) is 9.90 Å². The molecule has 2 aliphatic rings. The average Bonchev–Trinajstić information content (AvgIpc) is 3.02. The molecule has 3 aromatic rings. The van der Waals surface area contributed by atoms with Crippen LogP contribution in [0.15, 0.2) is 78.9 Å². The van der Waals surface area contributed by atoms with E-state index in [0.29, 0.717) is 28.9 Å². The minimum absolute atomic E-state index is 0.315. The van der Waals surface area contributed by atoms with E-state index in [4.69, 9.17) is 4.74 Å². The molecule has 2 saturated carbocycles. The second kappa shape index (κ2) is 13.2. The fourth-order valence-electron chi connectivity index (χ4n) is 6.69. The molecule has 40 heavy (non-hydrogen) atoms. The van der Waals surface area contributed by atoms with Gasteiger partial charge in [-0.2, -0.15) is 0 Å². The Balaban J connectivity index is 1.49. The lowest BCUT2D eigenvalue weighted by Crippen LogP contribution is -2.13. The van der Waals surface area contributed by atoms with E-state index < -0.39 is 0 Å². The maximum absolute atomic E-state index is 13.0. The van der Waals surface area contributed by atoms with Crippen molar-refractivity contribution in [3.8, 4) is 11.5 Å². The van der Waals surface area contributed by atoms with Crippen LogP contribution in [0.4, 0.5) is 0 Å². The Morgan fingerprint density at radius 2 is 1.20 bits per heavy atom. The lowest BCUT2D eigenvalue weighted by Gasteiger charge is -2.26. The average molecular weight is 535 g/mol. The summed E-state index contributed by atoms with van der Waals surface area (Å²) >= 11 is 0. The molecule has 5 rings (SSSR count). The molecule has 3 aromatic carbocycles. The molecule has 0 aliphatic heterocycles. The fourth-order valence-corrected chi connectivity index (χ4v) is 6.69. The minimum atomic E-state index is -0.315. The summed E-state index contributed by atoms with van der Waals surface area (Å²) in [7, 11) is 0. The number of esters is 1. The van der Waals surface area contributed by atoms with E-state index in [1.165, 1.54) is 38.5 Å². The third-order valence-electron chi connectivity index (χ3n) is 8.83. The Bertz CT molecular complexity index is 1370. The van der Waals surface area contributed by atoms with Crippen molar-refractivity contribution in [1.29, 1.82) is 0 Å². The molecule has 0 aromatic heterocycles. The first-order valence-electron chi connectivity index (χ1n) is 15.2. The number of allylic oxidation sites excluding steroid dienone is 4. The highest BCUT2D eigenvalue weighted by Gasteiger charge is 2.24. The normalized spacial score (nSPS) is 17.6. The van der Waals surface area contributed by atoms with Crippen molar-refractivity contribution < 1.29 is 14.6 Å². The van der Waals surface area contributed by atoms with Gasteiger partial charge in [-0.1, -0.05) is 81.0 Å². The lowest BCUT2D eigenvalue weighted by atomic mass is 9.80. The zero-order chi connectivity index (χ0) is 27.9. The summed E-state index contributed by atoms with van der Waals surface area (Å²) in [5, 5.41) is 10.7. The van der Waals surface area contributed by atoms with Crippen molar-refractivity contribution in [2.45, 2.75) is 89.9 Å². The molecule has 0 amide bonds. The van der Waals surface area contributed by atoms with Crippen LogP contribution >= 0.6 is 0 Å². The molecular weight excluding hydrogens is 492 g/mol. The van der Waals surface area contributed by atoms with Gasteiger partial charge in [-0.05, 0) is 121 Å². The number of carbonyl (C=O) groups excluding carboxylic acids is 1. The van der Waals surface area contributed by atoms with Crippen LogP contribution in [0.1, 0.15) is 123 Å². The van der Waals surface area contributed by atoms with Gasteiger partial charge in [0.2, 0.25) is 0 Å². The van der Waals surface area contributed by atoms with Crippen molar-refractivity contribution in [2.75, 3.05) is 0 Å². The molecule has 208 valence electrons. The van der Waals surface area contributed by atoms with Gasteiger partial charge in [0.1, 0.15) is 11.5 Å². The summed E-state index contributed by atoms with van der Waals surface area (Å²) in [5.74, 6) is 1.58. The van der Waals surface area contributed by atoms with Crippen molar-refractivity contribution in [2.24, 2.45) is 0 Å². The Kier molecular flexibility index (Phi) is 9.21. The van der Waals surface area contributed by atoms with Crippen molar-refractivity contribution in [3.63, 3.8) is 0 Å². The van der Waals surface area contributed by atoms with Gasteiger partial charge in [0.25, 0.3) is 0 Å². The van der Waals surface area contributed by atoms with Crippen LogP contribution in [0.2, 0.25) is 0 Å². The monoisotopic (exact) mass is 534 g/mol. The third kappa shape index (κ3) is 6.25. The number of phenols is 1. The number of phenolic OH excluding ortho intramolecular Hbond substituents is 1.